The SMILES string of the molecule is COc1cc2c(cc1OC)CN(C(=O)CCNc1cc(C)on1)CC2. The number of ether oxygens (including phenoxy) is 2. The fraction of sp³-hybridized carbons (Fsp3) is 0.444. The molecule has 134 valence electrons. The zero-order valence-electron chi connectivity index (χ0n) is 14.8. The number of carbonyl (C=O) groups is 1. The van der Waals surface area contributed by atoms with Gasteiger partial charge in [-0.15, -0.1) is 0 Å². The molecule has 1 amide bonds. The van der Waals surface area contributed by atoms with Crippen molar-refractivity contribution in [2.75, 3.05) is 32.6 Å². The Balaban J connectivity index is 1.58. The van der Waals surface area contributed by atoms with Gasteiger partial charge in [0.2, 0.25) is 5.91 Å². The standard InChI is InChI=1S/C18H23N3O4/c1-12-8-17(20-25-12)19-6-4-18(22)21-7-5-13-9-15(23-2)16(24-3)10-14(13)11-21/h8-10H,4-7,11H2,1-3H3,(H,19,20). The van der Waals surface area contributed by atoms with Gasteiger partial charge in [-0.3, -0.25) is 4.79 Å². The van der Waals surface area contributed by atoms with E-state index >= 15 is 0 Å². The molecule has 0 saturated heterocycles. The van der Waals surface area contributed by atoms with Gasteiger partial charge in [-0.1, -0.05) is 5.16 Å². The lowest BCUT2D eigenvalue weighted by molar-refractivity contribution is -0.131. The van der Waals surface area contributed by atoms with Crippen LogP contribution < -0.4 is 14.8 Å². The highest BCUT2D eigenvalue weighted by molar-refractivity contribution is 5.77. The van der Waals surface area contributed by atoms with Crippen LogP contribution in [0.3, 0.4) is 0 Å². The molecule has 0 aliphatic carbocycles. The number of amides is 1. The molecule has 0 unspecified atom stereocenters. The molecule has 2 heterocycles. The van der Waals surface area contributed by atoms with Gasteiger partial charge in [-0.05, 0) is 36.6 Å². The largest absolute Gasteiger partial charge is 0.493 e. The first-order valence-corrected chi connectivity index (χ1v) is 8.29. The van der Waals surface area contributed by atoms with Gasteiger partial charge in [-0.2, -0.15) is 0 Å². The number of nitrogens with zero attached hydrogens (tertiary/aromatic N) is 2. The summed E-state index contributed by atoms with van der Waals surface area (Å²) < 4.78 is 15.7. The summed E-state index contributed by atoms with van der Waals surface area (Å²) in [5.41, 5.74) is 2.32. The Hall–Kier alpha value is -2.70. The maximum absolute atomic E-state index is 12.5. The molecule has 0 spiro atoms. The molecule has 0 saturated carbocycles. The van der Waals surface area contributed by atoms with Crippen molar-refractivity contribution in [3.8, 4) is 11.5 Å². The predicted octanol–water partition coefficient (Wildman–Crippen LogP) is 2.39. The second kappa shape index (κ2) is 7.46. The Bertz CT molecular complexity index is 757. The van der Waals surface area contributed by atoms with Crippen molar-refractivity contribution >= 4 is 11.7 Å². The first-order valence-electron chi connectivity index (χ1n) is 8.29. The molecule has 1 aliphatic rings. The Kier molecular flexibility index (Phi) is 5.11. The van der Waals surface area contributed by atoms with Gasteiger partial charge < -0.3 is 24.2 Å². The summed E-state index contributed by atoms with van der Waals surface area (Å²) >= 11 is 0. The Morgan fingerprint density at radius 2 is 1.96 bits per heavy atom. The number of hydrogen-bond donors (Lipinski definition) is 1. The maximum Gasteiger partial charge on any atom is 0.224 e. The van der Waals surface area contributed by atoms with E-state index in [2.05, 4.69) is 10.5 Å². The highest BCUT2D eigenvalue weighted by Crippen LogP contribution is 2.33. The molecule has 0 atom stereocenters. The molecular formula is C18H23N3O4. The summed E-state index contributed by atoms with van der Waals surface area (Å²) in [7, 11) is 3.25. The van der Waals surface area contributed by atoms with Gasteiger partial charge >= 0.3 is 0 Å². The number of rotatable bonds is 6. The fourth-order valence-electron chi connectivity index (χ4n) is 3.00. The van der Waals surface area contributed by atoms with Crippen LogP contribution in [0.25, 0.3) is 0 Å². The van der Waals surface area contributed by atoms with Crippen LogP contribution >= 0.6 is 0 Å². The molecular weight excluding hydrogens is 322 g/mol. The Morgan fingerprint density at radius 1 is 1.24 bits per heavy atom. The number of fused-ring (bicyclic) bond motifs is 1. The number of hydrogen-bond acceptors (Lipinski definition) is 6. The van der Waals surface area contributed by atoms with Gasteiger partial charge in [-0.25, -0.2) is 0 Å². The molecule has 7 heteroatoms. The molecule has 0 bridgehead atoms. The summed E-state index contributed by atoms with van der Waals surface area (Å²) in [6.45, 7) is 3.67. The van der Waals surface area contributed by atoms with Crippen molar-refractivity contribution in [3.63, 3.8) is 0 Å². The third-order valence-corrected chi connectivity index (χ3v) is 4.34. The van der Waals surface area contributed by atoms with Crippen molar-refractivity contribution in [2.45, 2.75) is 26.3 Å². The number of nitrogens with one attached hydrogen (secondary N) is 1. The van der Waals surface area contributed by atoms with E-state index in [1.165, 1.54) is 5.56 Å². The van der Waals surface area contributed by atoms with E-state index < -0.39 is 0 Å². The van der Waals surface area contributed by atoms with Crippen LogP contribution in [0, 0.1) is 6.92 Å². The van der Waals surface area contributed by atoms with E-state index in [4.69, 9.17) is 14.0 Å². The molecule has 0 fully saturated rings. The van der Waals surface area contributed by atoms with Crippen molar-refractivity contribution in [1.29, 1.82) is 0 Å². The molecule has 2 aromatic rings. The van der Waals surface area contributed by atoms with Crippen LogP contribution in [-0.4, -0.2) is 43.3 Å². The molecule has 1 aliphatic heterocycles. The second-order valence-electron chi connectivity index (χ2n) is 6.04. The topological polar surface area (TPSA) is 76.8 Å². The van der Waals surface area contributed by atoms with Crippen LogP contribution in [0.4, 0.5) is 5.82 Å². The molecule has 25 heavy (non-hydrogen) atoms. The van der Waals surface area contributed by atoms with Crippen molar-refractivity contribution in [3.05, 3.63) is 35.1 Å². The van der Waals surface area contributed by atoms with E-state index in [1.807, 2.05) is 24.0 Å². The van der Waals surface area contributed by atoms with E-state index in [-0.39, 0.29) is 5.91 Å². The van der Waals surface area contributed by atoms with Crippen LogP contribution in [0.15, 0.2) is 22.7 Å². The molecule has 1 aromatic carbocycles. The Labute approximate surface area is 146 Å². The van der Waals surface area contributed by atoms with Crippen LogP contribution in [0.2, 0.25) is 0 Å². The number of aromatic nitrogens is 1. The first-order chi connectivity index (χ1) is 12.1. The van der Waals surface area contributed by atoms with E-state index in [0.29, 0.717) is 37.6 Å². The minimum Gasteiger partial charge on any atom is -0.493 e. The monoisotopic (exact) mass is 345 g/mol. The fourth-order valence-corrected chi connectivity index (χ4v) is 3.00. The second-order valence-corrected chi connectivity index (χ2v) is 6.04. The zero-order valence-corrected chi connectivity index (χ0v) is 14.8. The molecule has 0 radical (unpaired) electrons. The number of anilines is 1. The van der Waals surface area contributed by atoms with Crippen molar-refractivity contribution in [1.82, 2.24) is 10.1 Å². The van der Waals surface area contributed by atoms with Crippen LogP contribution in [0.5, 0.6) is 11.5 Å². The summed E-state index contributed by atoms with van der Waals surface area (Å²) in [6, 6.07) is 5.77. The minimum absolute atomic E-state index is 0.119. The summed E-state index contributed by atoms with van der Waals surface area (Å²) in [6.07, 6.45) is 1.23. The van der Waals surface area contributed by atoms with Gasteiger partial charge in [0.25, 0.3) is 0 Å². The highest BCUT2D eigenvalue weighted by atomic mass is 16.5. The van der Waals surface area contributed by atoms with E-state index in [1.54, 1.807) is 20.3 Å². The lowest BCUT2D eigenvalue weighted by atomic mass is 9.98. The van der Waals surface area contributed by atoms with E-state index in [0.717, 1.165) is 23.5 Å². The number of benzene rings is 1. The number of carbonyl (C=O) groups excluding carboxylic acids is 1. The summed E-state index contributed by atoms with van der Waals surface area (Å²) in [4.78, 5) is 14.3. The quantitative estimate of drug-likeness (QED) is 0.866. The first kappa shape index (κ1) is 17.1. The average Bonchev–Trinajstić information content (AvgIpc) is 3.05. The van der Waals surface area contributed by atoms with Gasteiger partial charge in [0.15, 0.2) is 17.3 Å². The third-order valence-electron chi connectivity index (χ3n) is 4.34. The molecule has 7 nitrogen and oxygen atoms in total. The van der Waals surface area contributed by atoms with Crippen molar-refractivity contribution in [2.24, 2.45) is 0 Å². The number of methoxy groups -OCH3 is 2. The van der Waals surface area contributed by atoms with Gasteiger partial charge in [0.05, 0.1) is 14.2 Å². The third kappa shape index (κ3) is 3.87. The smallest absolute Gasteiger partial charge is 0.224 e. The lowest BCUT2D eigenvalue weighted by Crippen LogP contribution is -2.36. The van der Waals surface area contributed by atoms with E-state index in [9.17, 15) is 4.79 Å². The Morgan fingerprint density at radius 3 is 2.60 bits per heavy atom. The highest BCUT2D eigenvalue weighted by Gasteiger charge is 2.22. The predicted molar refractivity (Wildman–Crippen MR) is 93.0 cm³/mol. The molecule has 1 aromatic heterocycles. The van der Waals surface area contributed by atoms with Gasteiger partial charge in [0.1, 0.15) is 5.76 Å². The zero-order chi connectivity index (χ0) is 17.8. The van der Waals surface area contributed by atoms with Crippen LogP contribution in [-0.2, 0) is 17.8 Å². The van der Waals surface area contributed by atoms with Crippen molar-refractivity contribution < 1.29 is 18.8 Å². The maximum atomic E-state index is 12.5. The van der Waals surface area contributed by atoms with Crippen LogP contribution in [0.1, 0.15) is 23.3 Å². The normalized spacial score (nSPS) is 13.3. The molecule has 1 N–H and O–H groups in total. The summed E-state index contributed by atoms with van der Waals surface area (Å²) in [5.74, 6) is 2.94. The summed E-state index contributed by atoms with van der Waals surface area (Å²) in [5, 5.41) is 6.95. The average molecular weight is 345 g/mol. The minimum atomic E-state index is 0.119. The molecule has 3 rings (SSSR count). The lowest BCUT2D eigenvalue weighted by Gasteiger charge is -2.29. The van der Waals surface area contributed by atoms with Gasteiger partial charge in [0, 0.05) is 32.1 Å². The number of aryl methyl sites for hydroxylation is 1.